The predicted octanol–water partition coefficient (Wildman–Crippen LogP) is 7.64. The van der Waals surface area contributed by atoms with Gasteiger partial charge in [-0.3, -0.25) is 9.98 Å². The fraction of sp³-hybridized carbons (Fsp3) is 0.267. The Kier molecular flexibility index (Phi) is 6.49. The van der Waals surface area contributed by atoms with E-state index < -0.39 is 0 Å². The number of ether oxygens (including phenoxy) is 1. The molecule has 0 atom stereocenters. The van der Waals surface area contributed by atoms with Crippen molar-refractivity contribution in [2.75, 3.05) is 18.1 Å². The van der Waals surface area contributed by atoms with Gasteiger partial charge in [0.1, 0.15) is 18.2 Å². The van der Waals surface area contributed by atoms with Crippen LogP contribution in [-0.2, 0) is 6.54 Å². The van der Waals surface area contributed by atoms with Crippen molar-refractivity contribution in [3.05, 3.63) is 83.8 Å². The fourth-order valence-corrected chi connectivity index (χ4v) is 4.69. The molecule has 0 bridgehead atoms. The average Bonchev–Trinajstić information content (AvgIpc) is 3.07. The quantitative estimate of drug-likeness (QED) is 0.283. The number of fused-ring (bicyclic) bond motifs is 2. The maximum absolute atomic E-state index is 13.8. The van der Waals surface area contributed by atoms with Crippen LogP contribution in [0.15, 0.2) is 71.9 Å². The molecule has 35 heavy (non-hydrogen) atoms. The summed E-state index contributed by atoms with van der Waals surface area (Å²) >= 11 is 0. The summed E-state index contributed by atoms with van der Waals surface area (Å²) in [6.07, 6.45) is 3.85. The number of hydrogen-bond donors (Lipinski definition) is 0. The molecule has 0 N–H and O–H groups in total. The smallest absolute Gasteiger partial charge is 0.125 e. The molecule has 0 spiro atoms. The summed E-state index contributed by atoms with van der Waals surface area (Å²) in [6, 6.07) is 19.7. The lowest BCUT2D eigenvalue weighted by atomic mass is 10.00. The van der Waals surface area contributed by atoms with Gasteiger partial charge in [0.05, 0.1) is 17.7 Å². The van der Waals surface area contributed by atoms with Gasteiger partial charge in [0, 0.05) is 41.2 Å². The van der Waals surface area contributed by atoms with Crippen molar-refractivity contribution in [1.29, 1.82) is 0 Å². The highest BCUT2D eigenvalue weighted by molar-refractivity contribution is 5.91. The molecule has 4 nitrogen and oxygen atoms in total. The molecule has 5 heteroatoms. The molecule has 1 aromatic heterocycles. The second kappa shape index (κ2) is 9.87. The summed E-state index contributed by atoms with van der Waals surface area (Å²) in [6.45, 7) is 8.40. The van der Waals surface area contributed by atoms with Crippen molar-refractivity contribution in [1.82, 2.24) is 4.98 Å². The molecule has 5 rings (SSSR count). The first-order valence-electron chi connectivity index (χ1n) is 12.2. The van der Waals surface area contributed by atoms with Gasteiger partial charge in [-0.1, -0.05) is 31.5 Å². The van der Waals surface area contributed by atoms with Crippen LogP contribution in [-0.4, -0.2) is 23.8 Å². The Bertz CT molecular complexity index is 1410. The molecular weight excluding hydrogens is 437 g/mol. The van der Waals surface area contributed by atoms with E-state index in [1.165, 1.54) is 17.7 Å². The molecule has 0 amide bonds. The fourth-order valence-electron chi connectivity index (χ4n) is 4.69. The highest BCUT2D eigenvalue weighted by Gasteiger charge is 2.19. The first-order chi connectivity index (χ1) is 17.0. The van der Waals surface area contributed by atoms with Gasteiger partial charge in [-0.25, -0.2) is 4.39 Å². The van der Waals surface area contributed by atoms with Crippen LogP contribution in [0.5, 0.6) is 5.75 Å². The summed E-state index contributed by atoms with van der Waals surface area (Å²) in [5.74, 6) is 0.632. The van der Waals surface area contributed by atoms with Crippen molar-refractivity contribution in [2.24, 2.45) is 4.99 Å². The van der Waals surface area contributed by atoms with Crippen molar-refractivity contribution in [3.8, 4) is 16.9 Å². The molecule has 1 aliphatic heterocycles. The van der Waals surface area contributed by atoms with Crippen LogP contribution in [0, 0.1) is 12.7 Å². The average molecular weight is 468 g/mol. The number of nitrogens with zero attached hydrogens (tertiary/aromatic N) is 3. The Labute approximate surface area is 206 Å². The lowest BCUT2D eigenvalue weighted by Crippen LogP contribution is -2.25. The molecule has 4 aromatic rings. The number of aromatic nitrogens is 1. The molecule has 1 aliphatic rings. The Morgan fingerprint density at radius 1 is 1.06 bits per heavy atom. The maximum Gasteiger partial charge on any atom is 0.125 e. The highest BCUT2D eigenvalue weighted by atomic mass is 19.1. The summed E-state index contributed by atoms with van der Waals surface area (Å²) in [4.78, 5) is 11.5. The molecule has 0 fully saturated rings. The zero-order chi connectivity index (χ0) is 24.4. The topological polar surface area (TPSA) is 37.7 Å². The van der Waals surface area contributed by atoms with Crippen molar-refractivity contribution < 1.29 is 9.13 Å². The zero-order valence-corrected chi connectivity index (χ0v) is 20.5. The van der Waals surface area contributed by atoms with E-state index >= 15 is 0 Å². The van der Waals surface area contributed by atoms with E-state index in [-0.39, 0.29) is 5.82 Å². The minimum absolute atomic E-state index is 0.275. The van der Waals surface area contributed by atoms with Gasteiger partial charge in [0.15, 0.2) is 0 Å². The standard InChI is InChI=1S/C30H30FN3O/c1-4-5-21(3)33-27-17-23(7-6-20(27)2)22-8-11-30-24(16-22)19-34(14-15-35-30)29-12-13-32-28-18-25(31)9-10-26(28)29/h6-13,16-18H,4-5,14-15,19H2,1-3H3. The van der Waals surface area contributed by atoms with Crippen LogP contribution >= 0.6 is 0 Å². The zero-order valence-electron chi connectivity index (χ0n) is 20.5. The molecule has 0 aliphatic carbocycles. The molecule has 3 aromatic carbocycles. The van der Waals surface area contributed by atoms with Crippen molar-refractivity contribution in [3.63, 3.8) is 0 Å². The molecule has 2 heterocycles. The Morgan fingerprint density at radius 2 is 1.89 bits per heavy atom. The number of benzene rings is 3. The third-order valence-electron chi connectivity index (χ3n) is 6.53. The number of aryl methyl sites for hydroxylation is 1. The number of hydrogen-bond acceptors (Lipinski definition) is 4. The minimum Gasteiger partial charge on any atom is -0.491 e. The molecule has 0 radical (unpaired) electrons. The SMILES string of the molecule is CCCC(C)=Nc1cc(-c2ccc3c(c2)CN(c2ccnc4cc(F)ccc24)CCO3)ccc1C. The van der Waals surface area contributed by atoms with Gasteiger partial charge in [0.25, 0.3) is 0 Å². The highest BCUT2D eigenvalue weighted by Crippen LogP contribution is 2.35. The van der Waals surface area contributed by atoms with E-state index in [4.69, 9.17) is 9.73 Å². The Hall–Kier alpha value is -3.73. The van der Waals surface area contributed by atoms with Crippen molar-refractivity contribution in [2.45, 2.75) is 40.2 Å². The molecular formula is C30H30FN3O. The second-order valence-corrected chi connectivity index (χ2v) is 9.18. The van der Waals surface area contributed by atoms with Crippen LogP contribution in [0.1, 0.15) is 37.8 Å². The van der Waals surface area contributed by atoms with E-state index in [1.54, 1.807) is 6.20 Å². The minimum atomic E-state index is -0.275. The van der Waals surface area contributed by atoms with E-state index in [0.29, 0.717) is 18.7 Å². The predicted molar refractivity (Wildman–Crippen MR) is 143 cm³/mol. The largest absolute Gasteiger partial charge is 0.491 e. The van der Waals surface area contributed by atoms with Gasteiger partial charge in [-0.2, -0.15) is 0 Å². The molecule has 0 saturated carbocycles. The number of rotatable bonds is 5. The summed E-state index contributed by atoms with van der Waals surface area (Å²) < 4.78 is 19.9. The first-order valence-corrected chi connectivity index (χ1v) is 12.2. The van der Waals surface area contributed by atoms with Gasteiger partial charge >= 0.3 is 0 Å². The van der Waals surface area contributed by atoms with Gasteiger partial charge in [0.2, 0.25) is 0 Å². The number of halogens is 1. The number of anilines is 1. The van der Waals surface area contributed by atoms with Gasteiger partial charge in [-0.15, -0.1) is 0 Å². The van der Waals surface area contributed by atoms with E-state index in [0.717, 1.165) is 64.3 Å². The van der Waals surface area contributed by atoms with Gasteiger partial charge in [-0.05, 0) is 73.4 Å². The summed E-state index contributed by atoms with van der Waals surface area (Å²) in [5, 5.41) is 0.942. The Balaban J connectivity index is 1.50. The van der Waals surface area contributed by atoms with Crippen LogP contribution in [0.25, 0.3) is 22.0 Å². The molecule has 0 unspecified atom stereocenters. The van der Waals surface area contributed by atoms with E-state index in [1.807, 2.05) is 12.1 Å². The van der Waals surface area contributed by atoms with Crippen LogP contribution < -0.4 is 9.64 Å². The van der Waals surface area contributed by atoms with Crippen molar-refractivity contribution >= 4 is 28.0 Å². The lowest BCUT2D eigenvalue weighted by molar-refractivity contribution is 0.332. The third kappa shape index (κ3) is 4.90. The van der Waals surface area contributed by atoms with E-state index in [9.17, 15) is 4.39 Å². The summed E-state index contributed by atoms with van der Waals surface area (Å²) in [7, 11) is 0. The maximum atomic E-state index is 13.8. The summed E-state index contributed by atoms with van der Waals surface area (Å²) in [5.41, 5.74) is 8.46. The normalized spacial score (nSPS) is 13.9. The van der Waals surface area contributed by atoms with Gasteiger partial charge < -0.3 is 9.64 Å². The van der Waals surface area contributed by atoms with E-state index in [2.05, 4.69) is 67.1 Å². The number of aliphatic imine (C=N–C) groups is 1. The van der Waals surface area contributed by atoms with Crippen LogP contribution in [0.3, 0.4) is 0 Å². The monoisotopic (exact) mass is 467 g/mol. The first kappa shape index (κ1) is 23.0. The third-order valence-corrected chi connectivity index (χ3v) is 6.53. The lowest BCUT2D eigenvalue weighted by Gasteiger charge is -2.23. The second-order valence-electron chi connectivity index (χ2n) is 9.18. The van der Waals surface area contributed by atoms with Crippen LogP contribution in [0.2, 0.25) is 0 Å². The number of pyridine rings is 1. The van der Waals surface area contributed by atoms with Crippen LogP contribution in [0.4, 0.5) is 15.8 Å². The molecule has 0 saturated heterocycles. The Morgan fingerprint density at radius 3 is 2.74 bits per heavy atom. The molecule has 178 valence electrons.